The summed E-state index contributed by atoms with van der Waals surface area (Å²) in [6.45, 7) is 0. The molecule has 0 aromatic carbocycles. The van der Waals surface area contributed by atoms with Crippen LogP contribution in [0.25, 0.3) is 0 Å². The van der Waals surface area contributed by atoms with Crippen LogP contribution in [-0.2, 0) is 10.0 Å². The van der Waals surface area contributed by atoms with Crippen LogP contribution in [0.15, 0.2) is 11.2 Å². The van der Waals surface area contributed by atoms with E-state index in [1.807, 2.05) is 5.10 Å². The fourth-order valence-electron chi connectivity index (χ4n) is 0.607. The molecule has 9 heteroatoms. The number of H-pyrrole nitrogens is 1. The molecule has 1 aromatic rings. The Hall–Kier alpha value is -1.48. The molecule has 0 bridgehead atoms. The Morgan fingerprint density at radius 2 is 2.25 bits per heavy atom. The monoisotopic (exact) mass is 192 g/mol. The van der Waals surface area contributed by atoms with Crippen molar-refractivity contribution < 1.29 is 13.3 Å². The Kier molecular flexibility index (Phi) is 1.82. The number of sulfonamides is 1. The molecule has 0 atom stereocenters. The van der Waals surface area contributed by atoms with Crippen molar-refractivity contribution in [1.82, 2.24) is 10.2 Å². The van der Waals surface area contributed by atoms with Gasteiger partial charge in [-0.3, -0.25) is 15.2 Å². The molecule has 1 heterocycles. The van der Waals surface area contributed by atoms with Gasteiger partial charge in [0, 0.05) is 0 Å². The molecular formula is C3H4N4O4S. The topological polar surface area (TPSA) is 132 Å². The van der Waals surface area contributed by atoms with Crippen molar-refractivity contribution in [2.24, 2.45) is 5.14 Å². The van der Waals surface area contributed by atoms with Crippen LogP contribution in [0.1, 0.15) is 0 Å². The second-order valence-corrected chi connectivity index (χ2v) is 3.38. The highest BCUT2D eigenvalue weighted by atomic mass is 32.2. The number of aromatic amines is 1. The third-order valence-corrected chi connectivity index (χ3v) is 1.94. The third kappa shape index (κ3) is 1.40. The van der Waals surface area contributed by atoms with Gasteiger partial charge in [-0.1, -0.05) is 0 Å². The molecule has 1 aromatic heterocycles. The minimum atomic E-state index is -4.09. The molecule has 8 nitrogen and oxygen atoms in total. The van der Waals surface area contributed by atoms with Crippen molar-refractivity contribution in [2.45, 2.75) is 5.03 Å². The Labute approximate surface area is 66.6 Å². The molecule has 0 aliphatic carbocycles. The predicted octanol–water partition coefficient (Wildman–Crippen LogP) is -1.03. The number of nitro groups is 1. The Bertz CT molecular complexity index is 406. The van der Waals surface area contributed by atoms with E-state index in [0.717, 1.165) is 6.20 Å². The highest BCUT2D eigenvalue weighted by Gasteiger charge is 2.24. The van der Waals surface area contributed by atoms with Gasteiger partial charge in [0.05, 0.1) is 4.92 Å². The molecule has 3 N–H and O–H groups in total. The largest absolute Gasteiger partial charge is 0.327 e. The molecule has 0 unspecified atom stereocenters. The Balaban J connectivity index is 3.36. The van der Waals surface area contributed by atoms with Gasteiger partial charge in [-0.25, -0.2) is 13.6 Å². The zero-order valence-electron chi connectivity index (χ0n) is 5.59. The minimum absolute atomic E-state index is 0.655. The first-order valence-electron chi connectivity index (χ1n) is 2.63. The van der Waals surface area contributed by atoms with Gasteiger partial charge in [-0.05, 0) is 0 Å². The van der Waals surface area contributed by atoms with Gasteiger partial charge in [-0.15, -0.1) is 0 Å². The van der Waals surface area contributed by atoms with Crippen LogP contribution < -0.4 is 5.14 Å². The van der Waals surface area contributed by atoms with E-state index in [-0.39, 0.29) is 0 Å². The summed E-state index contributed by atoms with van der Waals surface area (Å²) < 4.78 is 21.2. The zero-order valence-corrected chi connectivity index (χ0v) is 6.41. The van der Waals surface area contributed by atoms with Crippen LogP contribution in [0.5, 0.6) is 0 Å². The van der Waals surface area contributed by atoms with Crippen molar-refractivity contribution >= 4 is 15.7 Å². The maximum atomic E-state index is 10.6. The zero-order chi connectivity index (χ0) is 9.35. The minimum Gasteiger partial charge on any atom is -0.260 e. The van der Waals surface area contributed by atoms with Gasteiger partial charge in [0.1, 0.15) is 6.20 Å². The smallest absolute Gasteiger partial charge is 0.260 e. The lowest BCUT2D eigenvalue weighted by atomic mass is 10.6. The van der Waals surface area contributed by atoms with E-state index in [1.165, 1.54) is 0 Å². The maximum absolute atomic E-state index is 10.6. The van der Waals surface area contributed by atoms with Gasteiger partial charge >= 0.3 is 5.69 Å². The SMILES string of the molecule is NS(=O)(=O)c1[nH]ncc1[N+](=O)[O-]. The second-order valence-electron chi connectivity index (χ2n) is 1.89. The molecule has 0 spiro atoms. The molecule has 1 rings (SSSR count). The van der Waals surface area contributed by atoms with Crippen LogP contribution in [-0.4, -0.2) is 23.5 Å². The van der Waals surface area contributed by atoms with Crippen molar-refractivity contribution in [3.63, 3.8) is 0 Å². The molecule has 0 aliphatic heterocycles. The predicted molar refractivity (Wildman–Crippen MR) is 36.6 cm³/mol. The molecule has 0 radical (unpaired) electrons. The number of nitrogens with two attached hydrogens (primary N) is 1. The maximum Gasteiger partial charge on any atom is 0.327 e. The number of rotatable bonds is 2. The van der Waals surface area contributed by atoms with Gasteiger partial charge in [0.15, 0.2) is 0 Å². The highest BCUT2D eigenvalue weighted by molar-refractivity contribution is 7.89. The van der Waals surface area contributed by atoms with Gasteiger partial charge < -0.3 is 0 Å². The van der Waals surface area contributed by atoms with E-state index < -0.39 is 25.7 Å². The second kappa shape index (κ2) is 2.53. The van der Waals surface area contributed by atoms with Gasteiger partial charge in [0.2, 0.25) is 5.03 Å². The fraction of sp³-hybridized carbons (Fsp3) is 0. The summed E-state index contributed by atoms with van der Waals surface area (Å²) in [5.74, 6) is 0. The first-order chi connectivity index (χ1) is 5.43. The lowest BCUT2D eigenvalue weighted by Crippen LogP contribution is -2.14. The fourth-order valence-corrected chi connectivity index (χ4v) is 1.21. The summed E-state index contributed by atoms with van der Waals surface area (Å²) >= 11 is 0. The van der Waals surface area contributed by atoms with Crippen molar-refractivity contribution in [2.75, 3.05) is 0 Å². The molecule has 12 heavy (non-hydrogen) atoms. The van der Waals surface area contributed by atoms with E-state index >= 15 is 0 Å². The molecule has 66 valence electrons. The van der Waals surface area contributed by atoms with Crippen molar-refractivity contribution in [3.8, 4) is 0 Å². The number of hydrogen-bond donors (Lipinski definition) is 2. The number of nitrogens with zero attached hydrogens (tertiary/aromatic N) is 2. The number of hydrogen-bond acceptors (Lipinski definition) is 5. The molecule has 0 amide bonds. The first-order valence-corrected chi connectivity index (χ1v) is 4.18. The van der Waals surface area contributed by atoms with Crippen LogP contribution in [0.4, 0.5) is 5.69 Å². The first kappa shape index (κ1) is 8.62. The average Bonchev–Trinajstić information content (AvgIpc) is 2.30. The summed E-state index contributed by atoms with van der Waals surface area (Å²) in [6.07, 6.45) is 0.778. The van der Waals surface area contributed by atoms with Crippen LogP contribution >= 0.6 is 0 Å². The summed E-state index contributed by atoms with van der Waals surface area (Å²) in [5.41, 5.74) is -0.655. The van der Waals surface area contributed by atoms with E-state index in [2.05, 4.69) is 10.2 Å². The summed E-state index contributed by atoms with van der Waals surface area (Å²) in [6, 6.07) is 0. The molecule has 0 saturated carbocycles. The number of aromatic nitrogens is 2. The number of nitrogens with one attached hydrogen (secondary N) is 1. The lowest BCUT2D eigenvalue weighted by Gasteiger charge is -1.90. The van der Waals surface area contributed by atoms with Crippen LogP contribution in [0.2, 0.25) is 0 Å². The summed E-state index contributed by atoms with van der Waals surface area (Å²) in [5, 5.41) is 19.2. The van der Waals surface area contributed by atoms with Crippen LogP contribution in [0.3, 0.4) is 0 Å². The van der Waals surface area contributed by atoms with E-state index in [9.17, 15) is 18.5 Å². The molecule has 0 aliphatic rings. The average molecular weight is 192 g/mol. The highest BCUT2D eigenvalue weighted by Crippen LogP contribution is 2.17. The Morgan fingerprint density at radius 3 is 2.58 bits per heavy atom. The molecule has 0 fully saturated rings. The summed E-state index contributed by atoms with van der Waals surface area (Å²) in [7, 11) is -4.09. The molecular weight excluding hydrogens is 188 g/mol. The standard InChI is InChI=1S/C3H4N4O4S/c4-12(10,11)3-2(7(8)9)1-5-6-3/h1H,(H,5,6)(H2,4,10,11). The van der Waals surface area contributed by atoms with Gasteiger partial charge in [-0.2, -0.15) is 5.10 Å². The number of primary sulfonamides is 1. The van der Waals surface area contributed by atoms with Crippen molar-refractivity contribution in [1.29, 1.82) is 0 Å². The normalized spacial score (nSPS) is 11.4. The van der Waals surface area contributed by atoms with Crippen LogP contribution in [0, 0.1) is 10.1 Å². The van der Waals surface area contributed by atoms with Gasteiger partial charge in [0.25, 0.3) is 10.0 Å². The van der Waals surface area contributed by atoms with E-state index in [4.69, 9.17) is 0 Å². The molecule has 0 saturated heterocycles. The van der Waals surface area contributed by atoms with E-state index in [0.29, 0.717) is 0 Å². The lowest BCUT2D eigenvalue weighted by molar-refractivity contribution is -0.387. The Morgan fingerprint density at radius 1 is 1.67 bits per heavy atom. The summed E-state index contributed by atoms with van der Waals surface area (Å²) in [4.78, 5) is 9.27. The van der Waals surface area contributed by atoms with Crippen molar-refractivity contribution in [3.05, 3.63) is 16.3 Å². The third-order valence-electron chi connectivity index (χ3n) is 1.07. The quantitative estimate of drug-likeness (QED) is 0.456. The van der Waals surface area contributed by atoms with E-state index in [1.54, 1.807) is 0 Å².